The molecule has 0 unspecified atom stereocenters. The van der Waals surface area contributed by atoms with Gasteiger partial charge in [-0.15, -0.1) is 0 Å². The number of hydrogen-bond acceptors (Lipinski definition) is 5. The third-order valence-electron chi connectivity index (χ3n) is 1.55. The van der Waals surface area contributed by atoms with Crippen LogP contribution in [0.5, 0.6) is 0 Å². The van der Waals surface area contributed by atoms with E-state index in [1.807, 2.05) is 0 Å². The molecule has 0 aliphatic heterocycles. The van der Waals surface area contributed by atoms with Crippen LogP contribution in [0, 0.1) is 0 Å². The Labute approximate surface area is 84.5 Å². The Morgan fingerprint density at radius 3 is 1.86 bits per heavy atom. The molecular weight excluding hydrogens is 207 g/mol. The molecule has 0 fully saturated rings. The van der Waals surface area contributed by atoms with Crippen molar-refractivity contribution >= 4 is 13.0 Å². The summed E-state index contributed by atoms with van der Waals surface area (Å²) in [4.78, 5) is 21.6. The van der Waals surface area contributed by atoms with E-state index in [1.165, 1.54) is 6.66 Å². The number of carbonyl (C=O) groups is 1. The Hall–Kier alpha value is -0.220. The van der Waals surface area contributed by atoms with Crippen LogP contribution in [-0.4, -0.2) is 37.1 Å². The molecule has 0 aromatic heterocycles. The predicted octanol–water partition coefficient (Wildman–Crippen LogP) is 2.14. The summed E-state index contributed by atoms with van der Waals surface area (Å²) >= 11 is 0. The molecule has 6 heteroatoms. The van der Waals surface area contributed by atoms with Crippen LogP contribution in [0.2, 0.25) is 0 Å². The van der Waals surface area contributed by atoms with Crippen molar-refractivity contribution < 1.29 is 23.5 Å². The molecule has 0 spiro atoms. The molecule has 0 radical (unpaired) electrons. The van der Waals surface area contributed by atoms with Gasteiger partial charge in [0.15, 0.2) is 0 Å². The van der Waals surface area contributed by atoms with Crippen molar-refractivity contribution in [2.75, 3.05) is 26.5 Å². The minimum absolute atomic E-state index is 0.186. The van der Waals surface area contributed by atoms with E-state index in [4.69, 9.17) is 13.8 Å². The van der Waals surface area contributed by atoms with E-state index in [0.717, 1.165) is 0 Å². The standard InChI is InChI=1S/C8H19O5P/c1-5-11-8(9)14(4,10,12-6-2)13-7-3/h10H,5-7H2,1-4H3. The van der Waals surface area contributed by atoms with Crippen LogP contribution in [0.1, 0.15) is 20.8 Å². The van der Waals surface area contributed by atoms with Crippen LogP contribution in [0.3, 0.4) is 0 Å². The fraction of sp³-hybridized carbons (Fsp3) is 0.875. The summed E-state index contributed by atoms with van der Waals surface area (Å²) in [5.41, 5.74) is -0.804. The second-order valence-corrected chi connectivity index (χ2v) is 6.34. The maximum atomic E-state index is 11.5. The summed E-state index contributed by atoms with van der Waals surface area (Å²) in [6, 6.07) is 0. The van der Waals surface area contributed by atoms with E-state index in [-0.39, 0.29) is 19.8 Å². The molecular formula is C8H19O5P. The van der Waals surface area contributed by atoms with Gasteiger partial charge in [-0.05, 0) is 0 Å². The summed E-state index contributed by atoms with van der Waals surface area (Å²) in [5, 5.41) is 0. The molecule has 0 saturated heterocycles. The molecule has 0 aliphatic carbocycles. The first-order chi connectivity index (χ1) is 6.39. The molecule has 0 bridgehead atoms. The van der Waals surface area contributed by atoms with E-state index in [9.17, 15) is 9.69 Å². The van der Waals surface area contributed by atoms with Crippen LogP contribution in [0.4, 0.5) is 4.79 Å². The fourth-order valence-corrected chi connectivity index (χ4v) is 2.94. The molecule has 0 rings (SSSR count). The van der Waals surface area contributed by atoms with Gasteiger partial charge in [0.25, 0.3) is 0 Å². The first-order valence-electron chi connectivity index (χ1n) is 4.63. The molecule has 0 amide bonds. The molecule has 0 aromatic carbocycles. The summed E-state index contributed by atoms with van der Waals surface area (Å²) in [6.45, 7) is 6.88. The van der Waals surface area contributed by atoms with Crippen LogP contribution in [-0.2, 0) is 13.8 Å². The molecule has 86 valence electrons. The Morgan fingerprint density at radius 2 is 1.57 bits per heavy atom. The SMILES string of the molecule is CCOC(=O)P(C)(O)(OCC)OCC. The molecule has 14 heavy (non-hydrogen) atoms. The van der Waals surface area contributed by atoms with Crippen molar-refractivity contribution in [3.8, 4) is 0 Å². The van der Waals surface area contributed by atoms with Gasteiger partial charge in [-0.3, -0.25) is 0 Å². The van der Waals surface area contributed by atoms with Gasteiger partial charge in [-0.1, -0.05) is 0 Å². The van der Waals surface area contributed by atoms with Gasteiger partial charge in [0.1, 0.15) is 0 Å². The number of hydrogen-bond donors (Lipinski definition) is 1. The Balaban J connectivity index is 4.76. The van der Waals surface area contributed by atoms with E-state index in [2.05, 4.69) is 0 Å². The zero-order valence-corrected chi connectivity index (χ0v) is 10.0. The Bertz CT molecular complexity index is 194. The molecule has 5 nitrogen and oxygen atoms in total. The third-order valence-corrected chi connectivity index (χ3v) is 4.24. The maximum absolute atomic E-state index is 11.5. The van der Waals surface area contributed by atoms with Crippen molar-refractivity contribution in [2.45, 2.75) is 20.8 Å². The summed E-state index contributed by atoms with van der Waals surface area (Å²) < 4.78 is 14.9. The number of carbonyl (C=O) groups excluding carboxylic acids is 1. The average molecular weight is 226 g/mol. The Kier molecular flexibility index (Phi) is 4.95. The number of rotatable bonds is 6. The zero-order valence-electron chi connectivity index (χ0n) is 9.15. The molecule has 0 aromatic rings. The van der Waals surface area contributed by atoms with Crippen molar-refractivity contribution in [1.29, 1.82) is 0 Å². The van der Waals surface area contributed by atoms with Gasteiger partial charge in [-0.2, -0.15) is 0 Å². The van der Waals surface area contributed by atoms with Gasteiger partial charge in [-0.25, -0.2) is 0 Å². The van der Waals surface area contributed by atoms with Gasteiger partial charge < -0.3 is 0 Å². The van der Waals surface area contributed by atoms with Gasteiger partial charge >= 0.3 is 83.7 Å². The predicted molar refractivity (Wildman–Crippen MR) is 55.3 cm³/mol. The quantitative estimate of drug-likeness (QED) is 0.703. The van der Waals surface area contributed by atoms with Crippen LogP contribution in [0.15, 0.2) is 0 Å². The van der Waals surface area contributed by atoms with Gasteiger partial charge in [0.05, 0.1) is 0 Å². The van der Waals surface area contributed by atoms with Crippen molar-refractivity contribution in [2.24, 2.45) is 0 Å². The summed E-state index contributed by atoms with van der Waals surface area (Å²) in [7, 11) is -4.21. The van der Waals surface area contributed by atoms with E-state index < -0.39 is 13.0 Å². The molecule has 0 atom stereocenters. The second kappa shape index (κ2) is 5.03. The second-order valence-electron chi connectivity index (χ2n) is 2.84. The molecule has 0 heterocycles. The third kappa shape index (κ3) is 3.17. The Morgan fingerprint density at radius 1 is 1.14 bits per heavy atom. The molecule has 1 N–H and O–H groups in total. The van der Waals surface area contributed by atoms with E-state index in [1.54, 1.807) is 20.8 Å². The first kappa shape index (κ1) is 13.8. The molecule has 0 saturated carbocycles. The van der Waals surface area contributed by atoms with Crippen LogP contribution < -0.4 is 0 Å². The first-order valence-corrected chi connectivity index (χ1v) is 7.10. The fourth-order valence-electron chi connectivity index (χ4n) is 1.02. The number of ether oxygens (including phenoxy) is 1. The average Bonchev–Trinajstić information content (AvgIpc) is 2.05. The minimum atomic E-state index is -4.21. The van der Waals surface area contributed by atoms with E-state index in [0.29, 0.717) is 0 Å². The van der Waals surface area contributed by atoms with Gasteiger partial charge in [0, 0.05) is 0 Å². The zero-order chi connectivity index (χ0) is 11.3. The van der Waals surface area contributed by atoms with Gasteiger partial charge in [0.2, 0.25) is 0 Å². The van der Waals surface area contributed by atoms with E-state index >= 15 is 0 Å². The van der Waals surface area contributed by atoms with Crippen molar-refractivity contribution in [3.63, 3.8) is 0 Å². The topological polar surface area (TPSA) is 65.0 Å². The van der Waals surface area contributed by atoms with Crippen LogP contribution >= 0.6 is 7.28 Å². The summed E-state index contributed by atoms with van der Waals surface area (Å²) in [5.74, 6) is 0. The summed E-state index contributed by atoms with van der Waals surface area (Å²) in [6.07, 6.45) is 0. The normalized spacial score (nSPS) is 14.5. The van der Waals surface area contributed by atoms with Crippen LogP contribution in [0.25, 0.3) is 0 Å². The monoisotopic (exact) mass is 226 g/mol. The van der Waals surface area contributed by atoms with Crippen molar-refractivity contribution in [3.05, 3.63) is 0 Å². The molecule has 0 aliphatic rings. The van der Waals surface area contributed by atoms with Crippen molar-refractivity contribution in [1.82, 2.24) is 0 Å².